The van der Waals surface area contributed by atoms with Crippen molar-refractivity contribution in [2.24, 2.45) is 5.10 Å². The number of para-hydroxylation sites is 1. The molecule has 0 heterocycles. The molecule has 184 valence electrons. The van der Waals surface area contributed by atoms with Crippen LogP contribution in [0.2, 0.25) is 0 Å². The van der Waals surface area contributed by atoms with Gasteiger partial charge < -0.3 is 9.47 Å². The Morgan fingerprint density at radius 3 is 2.34 bits per heavy atom. The minimum absolute atomic E-state index is 0.0182. The number of nitrogens with zero attached hydrogens (tertiary/aromatic N) is 2. The van der Waals surface area contributed by atoms with Gasteiger partial charge in [0.15, 0.2) is 11.5 Å². The third-order valence-corrected chi connectivity index (χ3v) is 7.41. The van der Waals surface area contributed by atoms with E-state index in [2.05, 4.69) is 26.5 Å². The number of ether oxygens (including phenoxy) is 2. The molecule has 1 N–H and O–H groups in total. The van der Waals surface area contributed by atoms with Crippen molar-refractivity contribution < 1.29 is 22.7 Å². The number of benzene rings is 3. The lowest BCUT2D eigenvalue weighted by Gasteiger charge is -2.21. The summed E-state index contributed by atoms with van der Waals surface area (Å²) in [5, 5.41) is 3.98. The summed E-state index contributed by atoms with van der Waals surface area (Å²) < 4.78 is 39.3. The van der Waals surface area contributed by atoms with Gasteiger partial charge in [-0.15, -0.1) is 0 Å². The van der Waals surface area contributed by atoms with E-state index in [1.54, 1.807) is 42.5 Å². The minimum Gasteiger partial charge on any atom is -0.493 e. The molecule has 0 bridgehead atoms. The Balaban J connectivity index is 1.80. The fourth-order valence-corrected chi connectivity index (χ4v) is 4.91. The first-order chi connectivity index (χ1) is 16.7. The fourth-order valence-electron chi connectivity index (χ4n) is 3.26. The summed E-state index contributed by atoms with van der Waals surface area (Å²) >= 11 is 3.37. The summed E-state index contributed by atoms with van der Waals surface area (Å²) in [6.45, 7) is 1.47. The molecular weight excluding hydrogens is 534 g/mol. The first kappa shape index (κ1) is 26.4. The quantitative estimate of drug-likeness (QED) is 0.297. The lowest BCUT2D eigenvalue weighted by Crippen LogP contribution is -2.39. The molecule has 0 aliphatic rings. The molecule has 35 heavy (non-hydrogen) atoms. The van der Waals surface area contributed by atoms with Crippen LogP contribution in [-0.2, 0) is 21.4 Å². The smallest absolute Gasteiger partial charge is 0.255 e. The number of carbonyl (C=O) groups is 1. The molecule has 0 aliphatic heterocycles. The maximum absolute atomic E-state index is 13.4. The van der Waals surface area contributed by atoms with E-state index in [0.717, 1.165) is 19.9 Å². The van der Waals surface area contributed by atoms with E-state index in [1.165, 1.54) is 32.6 Å². The van der Waals surface area contributed by atoms with Crippen molar-refractivity contribution in [2.75, 3.05) is 20.8 Å². The summed E-state index contributed by atoms with van der Waals surface area (Å²) in [6.07, 6.45) is 1.41. The molecule has 0 radical (unpaired) electrons. The van der Waals surface area contributed by atoms with E-state index in [9.17, 15) is 13.2 Å². The SMILES string of the molecule is COc1cccc(/C=N\NC(=O)CN(Cc2ccc(Br)cc2)S(=O)(=O)c2ccc(C)cc2)c1OC. The zero-order chi connectivity index (χ0) is 25.4. The molecule has 3 rings (SSSR count). The van der Waals surface area contributed by atoms with Crippen molar-refractivity contribution in [3.05, 3.63) is 87.9 Å². The van der Waals surface area contributed by atoms with Crippen LogP contribution in [0.1, 0.15) is 16.7 Å². The van der Waals surface area contributed by atoms with Crippen LogP contribution in [0.4, 0.5) is 0 Å². The van der Waals surface area contributed by atoms with Crippen molar-refractivity contribution in [3.8, 4) is 11.5 Å². The number of sulfonamides is 1. The fraction of sp³-hybridized carbons (Fsp3) is 0.200. The number of methoxy groups -OCH3 is 2. The average Bonchev–Trinajstić information content (AvgIpc) is 2.85. The Morgan fingerprint density at radius 2 is 1.71 bits per heavy atom. The predicted molar refractivity (Wildman–Crippen MR) is 138 cm³/mol. The zero-order valence-electron chi connectivity index (χ0n) is 19.6. The third-order valence-electron chi connectivity index (χ3n) is 5.08. The van der Waals surface area contributed by atoms with Crippen LogP contribution in [0.3, 0.4) is 0 Å². The maximum Gasteiger partial charge on any atom is 0.255 e. The van der Waals surface area contributed by atoms with E-state index >= 15 is 0 Å². The number of rotatable bonds is 10. The van der Waals surface area contributed by atoms with E-state index in [0.29, 0.717) is 17.1 Å². The second kappa shape index (κ2) is 12.0. The standard InChI is InChI=1S/C25H26BrN3O5S/c1-18-7-13-22(14-8-18)35(31,32)29(16-19-9-11-21(26)12-10-19)17-24(30)28-27-15-20-5-4-6-23(33-2)25(20)34-3/h4-15H,16-17H2,1-3H3,(H,28,30)/b27-15-. The van der Waals surface area contributed by atoms with Gasteiger partial charge in [-0.25, -0.2) is 13.8 Å². The van der Waals surface area contributed by atoms with Gasteiger partial charge in [0.2, 0.25) is 10.0 Å². The van der Waals surface area contributed by atoms with Gasteiger partial charge >= 0.3 is 0 Å². The van der Waals surface area contributed by atoms with Gasteiger partial charge in [-0.05, 0) is 48.9 Å². The van der Waals surface area contributed by atoms with Gasteiger partial charge in [0, 0.05) is 16.6 Å². The van der Waals surface area contributed by atoms with E-state index in [4.69, 9.17) is 9.47 Å². The Bertz CT molecular complexity index is 1290. The first-order valence-electron chi connectivity index (χ1n) is 10.6. The largest absolute Gasteiger partial charge is 0.493 e. The molecule has 0 atom stereocenters. The zero-order valence-corrected chi connectivity index (χ0v) is 22.0. The molecule has 10 heteroatoms. The molecule has 0 spiro atoms. The Kier molecular flexibility index (Phi) is 9.02. The Morgan fingerprint density at radius 1 is 1.03 bits per heavy atom. The van der Waals surface area contributed by atoms with Gasteiger partial charge in [0.25, 0.3) is 5.91 Å². The summed E-state index contributed by atoms with van der Waals surface area (Å²) in [6, 6.07) is 19.0. The summed E-state index contributed by atoms with van der Waals surface area (Å²) in [7, 11) is -0.919. The highest BCUT2D eigenvalue weighted by Crippen LogP contribution is 2.29. The van der Waals surface area contributed by atoms with E-state index < -0.39 is 22.5 Å². The number of hydrogen-bond donors (Lipinski definition) is 1. The van der Waals surface area contributed by atoms with Crippen LogP contribution in [0, 0.1) is 6.92 Å². The van der Waals surface area contributed by atoms with Gasteiger partial charge in [-0.2, -0.15) is 9.41 Å². The monoisotopic (exact) mass is 559 g/mol. The van der Waals surface area contributed by atoms with Crippen molar-refractivity contribution in [2.45, 2.75) is 18.4 Å². The highest BCUT2D eigenvalue weighted by atomic mass is 79.9. The molecule has 1 amide bonds. The number of hydrazone groups is 1. The molecule has 0 fully saturated rings. The van der Waals surface area contributed by atoms with E-state index in [1.807, 2.05) is 19.1 Å². The molecule has 0 unspecified atom stereocenters. The predicted octanol–water partition coefficient (Wildman–Crippen LogP) is 4.12. The first-order valence-corrected chi connectivity index (χ1v) is 12.8. The lowest BCUT2D eigenvalue weighted by atomic mass is 10.2. The number of aryl methyl sites for hydroxylation is 1. The third kappa shape index (κ3) is 6.91. The van der Waals surface area contributed by atoms with Crippen molar-refractivity contribution in [3.63, 3.8) is 0 Å². The topological polar surface area (TPSA) is 97.3 Å². The molecular formula is C25H26BrN3O5S. The number of halogens is 1. The molecule has 0 aromatic heterocycles. The van der Waals surface area contributed by atoms with Crippen molar-refractivity contribution in [1.82, 2.24) is 9.73 Å². The molecule has 3 aromatic carbocycles. The molecule has 0 saturated carbocycles. The number of nitrogens with one attached hydrogen (secondary N) is 1. The van der Waals surface area contributed by atoms with Gasteiger partial charge in [-0.3, -0.25) is 4.79 Å². The van der Waals surface area contributed by atoms with Crippen LogP contribution in [-0.4, -0.2) is 45.6 Å². The van der Waals surface area contributed by atoms with Crippen LogP contribution >= 0.6 is 15.9 Å². The maximum atomic E-state index is 13.4. The lowest BCUT2D eigenvalue weighted by molar-refractivity contribution is -0.121. The molecule has 3 aromatic rings. The highest BCUT2D eigenvalue weighted by Gasteiger charge is 2.27. The van der Waals surface area contributed by atoms with Crippen molar-refractivity contribution in [1.29, 1.82) is 0 Å². The molecule has 8 nitrogen and oxygen atoms in total. The second-order valence-electron chi connectivity index (χ2n) is 7.59. The van der Waals surface area contributed by atoms with Gasteiger partial charge in [-0.1, -0.05) is 51.8 Å². The van der Waals surface area contributed by atoms with Gasteiger partial charge in [0.05, 0.1) is 31.9 Å². The summed E-state index contributed by atoms with van der Waals surface area (Å²) in [5.74, 6) is 0.398. The van der Waals surface area contributed by atoms with Crippen molar-refractivity contribution >= 4 is 38.1 Å². The minimum atomic E-state index is -3.95. The van der Waals surface area contributed by atoms with E-state index in [-0.39, 0.29) is 11.4 Å². The number of amides is 1. The van der Waals surface area contributed by atoms with Crippen LogP contribution in [0.15, 0.2) is 81.2 Å². The normalized spacial score (nSPS) is 11.6. The number of carbonyl (C=O) groups excluding carboxylic acids is 1. The summed E-state index contributed by atoms with van der Waals surface area (Å²) in [5.41, 5.74) is 4.66. The number of hydrogen-bond acceptors (Lipinski definition) is 6. The van der Waals surface area contributed by atoms with Gasteiger partial charge in [0.1, 0.15) is 0 Å². The second-order valence-corrected chi connectivity index (χ2v) is 10.4. The molecule has 0 aliphatic carbocycles. The Hall–Kier alpha value is -3.21. The highest BCUT2D eigenvalue weighted by molar-refractivity contribution is 9.10. The van der Waals surface area contributed by atoms with Crippen LogP contribution < -0.4 is 14.9 Å². The molecule has 0 saturated heterocycles. The summed E-state index contributed by atoms with van der Waals surface area (Å²) in [4.78, 5) is 12.8. The average molecular weight is 560 g/mol. The van der Waals surface area contributed by atoms with Crippen LogP contribution in [0.25, 0.3) is 0 Å². The van der Waals surface area contributed by atoms with Crippen LogP contribution in [0.5, 0.6) is 11.5 Å². The Labute approximate surface area is 213 Å².